The van der Waals surface area contributed by atoms with Gasteiger partial charge in [0, 0.05) is 16.8 Å². The van der Waals surface area contributed by atoms with E-state index in [1.165, 1.54) is 105 Å². The first-order chi connectivity index (χ1) is 27.0. The number of benzene rings is 9. The Bertz CT molecular complexity index is 3000. The molecule has 0 atom stereocenters. The largest absolute Gasteiger partial charge is 0.309 e. The Morgan fingerprint density at radius 3 is 1.53 bits per heavy atom. The molecule has 0 amide bonds. The number of fused-ring (bicyclic) bond motifs is 9. The number of hydrogen-bond acceptors (Lipinski definition) is 1. The molecule has 0 radical (unpaired) electrons. The molecule has 11 rings (SSSR count). The lowest BCUT2D eigenvalue weighted by atomic mass is 9.82. The highest BCUT2D eigenvalue weighted by molar-refractivity contribution is 6.88. The van der Waals surface area contributed by atoms with Crippen molar-refractivity contribution in [3.63, 3.8) is 0 Å². The average Bonchev–Trinajstić information content (AvgIpc) is 3.49. The van der Waals surface area contributed by atoms with Crippen LogP contribution in [-0.2, 0) is 0 Å². The third-order valence-corrected chi connectivity index (χ3v) is 13.9. The van der Waals surface area contributed by atoms with Crippen molar-refractivity contribution in [3.8, 4) is 66.8 Å². The second kappa shape index (κ2) is 12.0. The van der Waals surface area contributed by atoms with Crippen LogP contribution in [0.4, 0.5) is 17.1 Å². The van der Waals surface area contributed by atoms with E-state index in [4.69, 9.17) is 0 Å². The maximum Gasteiger partial charge on any atom is 0.0776 e. The Hall–Kier alpha value is -6.48. The van der Waals surface area contributed by atoms with E-state index in [1.807, 2.05) is 0 Å². The average molecular weight is 718 g/mol. The van der Waals surface area contributed by atoms with Gasteiger partial charge in [0.1, 0.15) is 0 Å². The third kappa shape index (κ3) is 4.78. The molecule has 55 heavy (non-hydrogen) atoms. The molecule has 0 unspecified atom stereocenters. The molecule has 0 aromatic heterocycles. The van der Waals surface area contributed by atoms with Gasteiger partial charge in [-0.3, -0.25) is 0 Å². The van der Waals surface area contributed by atoms with Crippen LogP contribution in [0.5, 0.6) is 0 Å². The molecule has 9 aromatic rings. The van der Waals surface area contributed by atoms with Gasteiger partial charge in [-0.25, -0.2) is 0 Å². The van der Waals surface area contributed by atoms with E-state index in [0.29, 0.717) is 0 Å². The van der Waals surface area contributed by atoms with Gasteiger partial charge in [-0.1, -0.05) is 183 Å². The van der Waals surface area contributed by atoms with Crippen molar-refractivity contribution in [3.05, 3.63) is 182 Å². The van der Waals surface area contributed by atoms with Crippen LogP contribution < -0.4 is 10.1 Å². The molecule has 2 aliphatic rings. The van der Waals surface area contributed by atoms with E-state index in [-0.39, 0.29) is 0 Å². The van der Waals surface area contributed by atoms with Gasteiger partial charge in [0.2, 0.25) is 0 Å². The van der Waals surface area contributed by atoms with Gasteiger partial charge >= 0.3 is 0 Å². The highest BCUT2D eigenvalue weighted by Gasteiger charge is 2.32. The third-order valence-electron chi connectivity index (χ3n) is 11.9. The minimum Gasteiger partial charge on any atom is -0.309 e. The van der Waals surface area contributed by atoms with Gasteiger partial charge in [0.05, 0.1) is 19.4 Å². The molecule has 1 heterocycles. The summed E-state index contributed by atoms with van der Waals surface area (Å²) in [6.45, 7) is 7.33. The maximum atomic E-state index is 2.53. The summed E-state index contributed by atoms with van der Waals surface area (Å²) in [7, 11) is -1.61. The van der Waals surface area contributed by atoms with E-state index in [2.05, 4.69) is 207 Å². The van der Waals surface area contributed by atoms with E-state index in [0.717, 1.165) is 5.69 Å². The molecule has 0 spiro atoms. The summed E-state index contributed by atoms with van der Waals surface area (Å²) in [6.07, 6.45) is 0. The van der Waals surface area contributed by atoms with Crippen LogP contribution in [0.25, 0.3) is 88.3 Å². The minimum atomic E-state index is -1.61. The maximum absolute atomic E-state index is 2.53. The number of anilines is 3. The molecule has 260 valence electrons. The molecule has 0 bridgehead atoms. The Morgan fingerprint density at radius 1 is 0.364 bits per heavy atom. The molecule has 0 saturated carbocycles. The van der Waals surface area contributed by atoms with E-state index in [9.17, 15) is 0 Å². The fourth-order valence-electron chi connectivity index (χ4n) is 9.39. The first kappa shape index (κ1) is 32.0. The molecule has 2 heteroatoms. The summed E-state index contributed by atoms with van der Waals surface area (Å²) in [5, 5.41) is 6.61. The van der Waals surface area contributed by atoms with Gasteiger partial charge in [-0.2, -0.15) is 0 Å². The zero-order chi connectivity index (χ0) is 36.8. The number of para-hydroxylation sites is 1. The van der Waals surface area contributed by atoms with Gasteiger partial charge < -0.3 is 4.90 Å². The molecule has 1 aliphatic carbocycles. The highest BCUT2D eigenvalue weighted by atomic mass is 28.3. The molecule has 0 saturated heterocycles. The van der Waals surface area contributed by atoms with Gasteiger partial charge in [0.15, 0.2) is 0 Å². The lowest BCUT2D eigenvalue weighted by molar-refractivity contribution is 1.30. The van der Waals surface area contributed by atoms with Crippen molar-refractivity contribution >= 4 is 51.9 Å². The summed E-state index contributed by atoms with van der Waals surface area (Å²) >= 11 is 0. The van der Waals surface area contributed by atoms with Gasteiger partial charge in [0.25, 0.3) is 0 Å². The standard InChI is InChI=1S/C53H39NSi/c1-55(2,3)38-29-31-48-45(33-38)40-23-11-10-22-39(40)41-24-12-13-27-47(41)54(48)37-28-30-42-46(32-37)51(36-18-8-5-9-19-36)53-44-26-15-21-34-20-14-25-43(49(34)44)52(53)50(42)35-16-6-4-7-17-35/h4-33H,1-3H3. The molecule has 0 N–H and O–H groups in total. The molecule has 1 aliphatic heterocycles. The van der Waals surface area contributed by atoms with Crippen molar-refractivity contribution in [1.29, 1.82) is 0 Å². The van der Waals surface area contributed by atoms with Crippen LogP contribution in [0, 0.1) is 0 Å². The molecular formula is C53H39NSi. The van der Waals surface area contributed by atoms with Crippen molar-refractivity contribution < 1.29 is 0 Å². The predicted octanol–water partition coefficient (Wildman–Crippen LogP) is 14.6. The normalized spacial score (nSPS) is 12.6. The van der Waals surface area contributed by atoms with Crippen LogP contribution in [0.2, 0.25) is 19.6 Å². The predicted molar refractivity (Wildman–Crippen MR) is 239 cm³/mol. The lowest BCUT2D eigenvalue weighted by Crippen LogP contribution is -2.37. The zero-order valence-electron chi connectivity index (χ0n) is 31.3. The second-order valence-electron chi connectivity index (χ2n) is 16.1. The smallest absolute Gasteiger partial charge is 0.0776 e. The fourth-order valence-corrected chi connectivity index (χ4v) is 10.6. The number of rotatable bonds is 4. The molecule has 0 fully saturated rings. The minimum absolute atomic E-state index is 1.15. The van der Waals surface area contributed by atoms with Gasteiger partial charge in [-0.05, 0) is 101 Å². The first-order valence-electron chi connectivity index (χ1n) is 19.4. The highest BCUT2D eigenvalue weighted by Crippen LogP contribution is 2.59. The van der Waals surface area contributed by atoms with Crippen LogP contribution in [-0.4, -0.2) is 8.07 Å². The Morgan fingerprint density at radius 2 is 0.891 bits per heavy atom. The van der Waals surface area contributed by atoms with E-state index >= 15 is 0 Å². The summed E-state index contributed by atoms with van der Waals surface area (Å²) in [5.41, 5.74) is 19.0. The summed E-state index contributed by atoms with van der Waals surface area (Å²) < 4.78 is 0. The van der Waals surface area contributed by atoms with Crippen molar-refractivity contribution in [2.45, 2.75) is 19.6 Å². The number of nitrogens with zero attached hydrogens (tertiary/aromatic N) is 1. The van der Waals surface area contributed by atoms with Crippen molar-refractivity contribution in [2.24, 2.45) is 0 Å². The summed E-state index contributed by atoms with van der Waals surface area (Å²) in [6, 6.07) is 68.2. The van der Waals surface area contributed by atoms with Crippen LogP contribution in [0.15, 0.2) is 182 Å². The van der Waals surface area contributed by atoms with Gasteiger partial charge in [-0.15, -0.1) is 0 Å². The Balaban J connectivity index is 1.28. The van der Waals surface area contributed by atoms with E-state index in [1.54, 1.807) is 0 Å². The Kier molecular flexibility index (Phi) is 6.99. The molecular weight excluding hydrogens is 679 g/mol. The topological polar surface area (TPSA) is 3.24 Å². The summed E-state index contributed by atoms with van der Waals surface area (Å²) in [5.74, 6) is 0. The van der Waals surface area contributed by atoms with Crippen LogP contribution in [0.3, 0.4) is 0 Å². The van der Waals surface area contributed by atoms with E-state index < -0.39 is 8.07 Å². The molecule has 1 nitrogen and oxygen atoms in total. The number of hydrogen-bond donors (Lipinski definition) is 0. The van der Waals surface area contributed by atoms with Crippen LogP contribution >= 0.6 is 0 Å². The quantitative estimate of drug-likeness (QED) is 0.164. The first-order valence-corrected chi connectivity index (χ1v) is 22.9. The zero-order valence-corrected chi connectivity index (χ0v) is 32.3. The fraction of sp³-hybridized carbons (Fsp3) is 0.0566. The summed E-state index contributed by atoms with van der Waals surface area (Å²) in [4.78, 5) is 2.53. The SMILES string of the molecule is C[Si](C)(C)c1ccc2c(c1)-c1ccccc1-c1ccccc1N2c1ccc2c(-c3ccccc3)c3c(c(-c4ccccc4)c2c1)-c1cccc2cccc-3c12. The van der Waals surface area contributed by atoms with Crippen molar-refractivity contribution in [2.75, 3.05) is 4.90 Å². The lowest BCUT2D eigenvalue weighted by Gasteiger charge is -2.29. The monoisotopic (exact) mass is 717 g/mol. The Labute approximate surface area is 323 Å². The van der Waals surface area contributed by atoms with Crippen LogP contribution in [0.1, 0.15) is 0 Å². The molecule has 9 aromatic carbocycles. The second-order valence-corrected chi connectivity index (χ2v) is 21.1. The van der Waals surface area contributed by atoms with Crippen molar-refractivity contribution in [1.82, 2.24) is 0 Å².